The molecule has 4 rings (SSSR count). The molecule has 3 heterocycles. The monoisotopic (exact) mass is 374 g/mol. The number of nitrogens with one attached hydrogen (secondary N) is 1. The Morgan fingerprint density at radius 3 is 2.56 bits per heavy atom. The molecule has 9 nitrogen and oxygen atoms in total. The van der Waals surface area contributed by atoms with Crippen LogP contribution in [0.2, 0.25) is 0 Å². The Morgan fingerprint density at radius 1 is 1.19 bits per heavy atom. The summed E-state index contributed by atoms with van der Waals surface area (Å²) in [5, 5.41) is 3.59. The van der Waals surface area contributed by atoms with Crippen molar-refractivity contribution in [3.8, 4) is 0 Å². The molecule has 1 N–H and O–H groups in total. The number of aromatic nitrogens is 4. The number of nitrogens with zero attached hydrogens (tertiary/aromatic N) is 5. The molecule has 0 unspecified atom stereocenters. The van der Waals surface area contributed by atoms with E-state index in [0.29, 0.717) is 30.3 Å². The van der Waals surface area contributed by atoms with Crippen LogP contribution in [-0.4, -0.2) is 55.2 Å². The highest BCUT2D eigenvalue weighted by Gasteiger charge is 2.27. The summed E-state index contributed by atoms with van der Waals surface area (Å²) >= 11 is 0. The van der Waals surface area contributed by atoms with Gasteiger partial charge in [0.05, 0.1) is 6.33 Å². The average molecular weight is 374 g/mol. The maximum Gasteiger partial charge on any atom is 0.332 e. The lowest BCUT2D eigenvalue weighted by Gasteiger charge is -2.32. The van der Waals surface area contributed by atoms with Crippen LogP contribution < -0.4 is 16.6 Å². The fraction of sp³-hybridized carbons (Fsp3) is 0.667. The molecule has 0 aromatic carbocycles. The minimum absolute atomic E-state index is 0.184. The lowest BCUT2D eigenvalue weighted by Crippen LogP contribution is -2.49. The summed E-state index contributed by atoms with van der Waals surface area (Å²) in [5.41, 5.74) is -0.324. The smallest absolute Gasteiger partial charge is 0.332 e. The van der Waals surface area contributed by atoms with E-state index in [4.69, 9.17) is 0 Å². The van der Waals surface area contributed by atoms with Gasteiger partial charge in [-0.2, -0.15) is 0 Å². The van der Waals surface area contributed by atoms with Gasteiger partial charge in [-0.05, 0) is 38.1 Å². The first kappa shape index (κ1) is 18.0. The molecule has 2 aromatic rings. The molecular formula is C18H26N6O3. The van der Waals surface area contributed by atoms with Crippen LogP contribution in [0.5, 0.6) is 0 Å². The van der Waals surface area contributed by atoms with E-state index in [1.807, 2.05) is 0 Å². The van der Waals surface area contributed by atoms with E-state index in [9.17, 15) is 14.4 Å². The zero-order valence-electron chi connectivity index (χ0n) is 15.8. The zero-order valence-corrected chi connectivity index (χ0v) is 15.8. The molecule has 0 atom stereocenters. The van der Waals surface area contributed by atoms with E-state index in [-0.39, 0.29) is 12.5 Å². The van der Waals surface area contributed by atoms with Crippen molar-refractivity contribution in [1.82, 2.24) is 28.9 Å². The predicted molar refractivity (Wildman–Crippen MR) is 101 cm³/mol. The molecule has 146 valence electrons. The van der Waals surface area contributed by atoms with Crippen LogP contribution in [0.25, 0.3) is 11.2 Å². The number of amides is 1. The van der Waals surface area contributed by atoms with Gasteiger partial charge in [-0.1, -0.05) is 0 Å². The number of imidazole rings is 1. The molecule has 0 bridgehead atoms. The number of carbonyl (C=O) groups excluding carboxylic acids is 1. The van der Waals surface area contributed by atoms with Crippen molar-refractivity contribution in [2.75, 3.05) is 19.6 Å². The number of hydrogen-bond acceptors (Lipinski definition) is 5. The zero-order chi connectivity index (χ0) is 19.1. The van der Waals surface area contributed by atoms with Gasteiger partial charge in [-0.25, -0.2) is 14.3 Å². The highest BCUT2D eigenvalue weighted by molar-refractivity contribution is 5.77. The van der Waals surface area contributed by atoms with E-state index >= 15 is 0 Å². The first-order valence-electron chi connectivity index (χ1n) is 9.57. The molecular weight excluding hydrogens is 348 g/mol. The third-order valence-electron chi connectivity index (χ3n) is 5.73. The van der Waals surface area contributed by atoms with Gasteiger partial charge in [0, 0.05) is 33.2 Å². The van der Waals surface area contributed by atoms with Gasteiger partial charge in [0.25, 0.3) is 5.56 Å². The Kier molecular flexibility index (Phi) is 4.63. The van der Waals surface area contributed by atoms with Crippen molar-refractivity contribution in [2.24, 2.45) is 20.0 Å². The largest absolute Gasteiger partial charge is 0.341 e. The van der Waals surface area contributed by atoms with Crippen molar-refractivity contribution >= 4 is 17.1 Å². The van der Waals surface area contributed by atoms with Crippen molar-refractivity contribution in [2.45, 2.75) is 38.3 Å². The van der Waals surface area contributed by atoms with Gasteiger partial charge in [0.2, 0.25) is 5.91 Å². The molecule has 1 saturated carbocycles. The Labute approximate surface area is 156 Å². The van der Waals surface area contributed by atoms with Gasteiger partial charge in [-0.15, -0.1) is 0 Å². The Hall–Kier alpha value is -2.42. The molecule has 2 aromatic heterocycles. The lowest BCUT2D eigenvalue weighted by molar-refractivity contribution is -0.133. The summed E-state index contributed by atoms with van der Waals surface area (Å²) < 4.78 is 3.91. The second kappa shape index (κ2) is 6.95. The molecule has 9 heteroatoms. The Bertz CT molecular complexity index is 975. The number of carbonyl (C=O) groups is 1. The molecule has 1 amide bonds. The lowest BCUT2D eigenvalue weighted by atomic mass is 10.0. The average Bonchev–Trinajstić information content (AvgIpc) is 3.42. The second-order valence-corrected chi connectivity index (χ2v) is 7.77. The van der Waals surface area contributed by atoms with Crippen LogP contribution in [0, 0.1) is 5.92 Å². The first-order valence-corrected chi connectivity index (χ1v) is 9.57. The summed E-state index contributed by atoms with van der Waals surface area (Å²) in [4.78, 5) is 43.8. The van der Waals surface area contributed by atoms with Crippen molar-refractivity contribution in [3.05, 3.63) is 27.2 Å². The molecule has 0 spiro atoms. The van der Waals surface area contributed by atoms with Crippen molar-refractivity contribution in [1.29, 1.82) is 0 Å². The highest BCUT2D eigenvalue weighted by Crippen LogP contribution is 2.28. The minimum Gasteiger partial charge on any atom is -0.341 e. The predicted octanol–water partition coefficient (Wildman–Crippen LogP) is -0.576. The standard InChI is InChI=1S/C18H26N6O3/c1-21-11-20-16-15(21)17(26)24(18(27)22(16)2)10-14(25)23-7-5-13(6-8-23)19-9-12-3-4-12/h11-13,19H,3-10H2,1-2H3. The SMILES string of the molecule is Cn1cnc2c1c(=O)n(CC(=O)N1CCC(NCC3CC3)CC1)c(=O)n2C. The van der Waals surface area contributed by atoms with Crippen LogP contribution in [-0.2, 0) is 25.4 Å². The fourth-order valence-electron chi connectivity index (χ4n) is 3.76. The third-order valence-corrected chi connectivity index (χ3v) is 5.73. The number of piperidine rings is 1. The normalized spacial score (nSPS) is 18.4. The number of fused-ring (bicyclic) bond motifs is 1. The number of aryl methyl sites for hydroxylation is 2. The number of hydrogen-bond donors (Lipinski definition) is 1. The molecule has 0 radical (unpaired) electrons. The molecule has 1 saturated heterocycles. The molecule has 2 fully saturated rings. The van der Waals surface area contributed by atoms with Gasteiger partial charge in [0.1, 0.15) is 6.54 Å². The summed E-state index contributed by atoms with van der Waals surface area (Å²) in [5.74, 6) is 0.658. The van der Waals surface area contributed by atoms with Gasteiger partial charge >= 0.3 is 5.69 Å². The maximum atomic E-state index is 12.7. The summed E-state index contributed by atoms with van der Waals surface area (Å²) in [6, 6.07) is 0.455. The Morgan fingerprint density at radius 2 is 1.89 bits per heavy atom. The molecule has 1 aliphatic heterocycles. The molecule has 27 heavy (non-hydrogen) atoms. The topological polar surface area (TPSA) is 94.2 Å². The quantitative estimate of drug-likeness (QED) is 0.756. The van der Waals surface area contributed by atoms with Crippen LogP contribution in [0.3, 0.4) is 0 Å². The fourth-order valence-corrected chi connectivity index (χ4v) is 3.76. The highest BCUT2D eigenvalue weighted by atomic mass is 16.2. The molecule has 2 aliphatic rings. The van der Waals surface area contributed by atoms with Crippen LogP contribution in [0.1, 0.15) is 25.7 Å². The summed E-state index contributed by atoms with van der Waals surface area (Å²) in [7, 11) is 3.27. The minimum atomic E-state index is -0.513. The van der Waals surface area contributed by atoms with Gasteiger partial charge < -0.3 is 14.8 Å². The molecule has 1 aliphatic carbocycles. The number of rotatable bonds is 5. The van der Waals surface area contributed by atoms with Crippen LogP contribution in [0.4, 0.5) is 0 Å². The van der Waals surface area contributed by atoms with Gasteiger partial charge in [0.15, 0.2) is 11.2 Å². The van der Waals surface area contributed by atoms with Crippen LogP contribution in [0.15, 0.2) is 15.9 Å². The van der Waals surface area contributed by atoms with E-state index in [1.165, 1.54) is 23.7 Å². The third kappa shape index (κ3) is 3.43. The van der Waals surface area contributed by atoms with E-state index < -0.39 is 11.2 Å². The maximum absolute atomic E-state index is 12.7. The summed E-state index contributed by atoms with van der Waals surface area (Å²) in [6.07, 6.45) is 5.97. The van der Waals surface area contributed by atoms with E-state index in [1.54, 1.807) is 23.6 Å². The van der Waals surface area contributed by atoms with Crippen LogP contribution >= 0.6 is 0 Å². The summed E-state index contributed by atoms with van der Waals surface area (Å²) in [6.45, 7) is 2.16. The second-order valence-electron chi connectivity index (χ2n) is 7.77. The van der Waals surface area contributed by atoms with Crippen molar-refractivity contribution in [3.63, 3.8) is 0 Å². The van der Waals surface area contributed by atoms with Gasteiger partial charge in [-0.3, -0.25) is 14.2 Å². The Balaban J connectivity index is 1.46. The van der Waals surface area contributed by atoms with Crippen molar-refractivity contribution < 1.29 is 4.79 Å². The number of likely N-dealkylation sites (tertiary alicyclic amines) is 1. The van der Waals surface area contributed by atoms with E-state index in [0.717, 1.165) is 29.9 Å². The van der Waals surface area contributed by atoms with E-state index in [2.05, 4.69) is 10.3 Å². The first-order chi connectivity index (χ1) is 13.0.